The molecule has 1 fully saturated rings. The van der Waals surface area contributed by atoms with Gasteiger partial charge in [-0.05, 0) is 48.9 Å². The molecule has 0 radical (unpaired) electrons. The standard InChI is InChI=1S/C17H13FN4O2/c1-10-3-2-4-13(9-10)22-15-14(19-20-22)16(23)21(17(15)24)12-7-5-11(18)6-8-12/h2-9,14-15H,1H3/t14-,15+/m1/s1. The van der Waals surface area contributed by atoms with Crippen LogP contribution >= 0.6 is 0 Å². The fourth-order valence-electron chi connectivity index (χ4n) is 2.99. The highest BCUT2D eigenvalue weighted by Gasteiger charge is 2.55. The number of amides is 2. The number of anilines is 2. The zero-order valence-corrected chi connectivity index (χ0v) is 12.8. The number of imide groups is 1. The van der Waals surface area contributed by atoms with E-state index in [1.165, 1.54) is 29.3 Å². The lowest BCUT2D eigenvalue weighted by Gasteiger charge is -2.20. The number of carbonyl (C=O) groups excluding carboxylic acids is 2. The summed E-state index contributed by atoms with van der Waals surface area (Å²) in [7, 11) is 0. The number of hydrogen-bond acceptors (Lipinski definition) is 5. The van der Waals surface area contributed by atoms with Crippen LogP contribution in [-0.2, 0) is 9.59 Å². The van der Waals surface area contributed by atoms with Gasteiger partial charge in [-0.1, -0.05) is 17.4 Å². The summed E-state index contributed by atoms with van der Waals surface area (Å²) in [6.07, 6.45) is 0. The van der Waals surface area contributed by atoms with E-state index in [0.29, 0.717) is 11.4 Å². The van der Waals surface area contributed by atoms with Crippen molar-refractivity contribution in [1.29, 1.82) is 0 Å². The van der Waals surface area contributed by atoms with Crippen LogP contribution in [0.5, 0.6) is 0 Å². The monoisotopic (exact) mass is 324 g/mol. The summed E-state index contributed by atoms with van der Waals surface area (Å²) in [5, 5.41) is 9.45. The number of halogens is 1. The quantitative estimate of drug-likeness (QED) is 0.798. The third-order valence-corrected chi connectivity index (χ3v) is 4.13. The van der Waals surface area contributed by atoms with Gasteiger partial charge < -0.3 is 0 Å². The van der Waals surface area contributed by atoms with Crippen LogP contribution in [-0.4, -0.2) is 23.9 Å². The molecule has 0 unspecified atom stereocenters. The first kappa shape index (κ1) is 14.5. The third kappa shape index (κ3) is 2.09. The van der Waals surface area contributed by atoms with Gasteiger partial charge in [0.1, 0.15) is 5.82 Å². The van der Waals surface area contributed by atoms with E-state index in [1.54, 1.807) is 0 Å². The van der Waals surface area contributed by atoms with Gasteiger partial charge in [0.2, 0.25) is 0 Å². The maximum absolute atomic E-state index is 13.1. The molecule has 2 aliphatic rings. The number of nitrogens with zero attached hydrogens (tertiary/aromatic N) is 4. The lowest BCUT2D eigenvalue weighted by molar-refractivity contribution is -0.121. The van der Waals surface area contributed by atoms with Crippen molar-refractivity contribution >= 4 is 23.2 Å². The van der Waals surface area contributed by atoms with Crippen molar-refractivity contribution in [3.8, 4) is 0 Å². The maximum Gasteiger partial charge on any atom is 0.263 e. The Labute approximate surface area is 137 Å². The normalized spacial score (nSPS) is 22.4. The van der Waals surface area contributed by atoms with Crippen molar-refractivity contribution in [3.05, 3.63) is 59.9 Å². The molecule has 2 heterocycles. The minimum absolute atomic E-state index is 0.334. The minimum atomic E-state index is -0.872. The van der Waals surface area contributed by atoms with Crippen LogP contribution < -0.4 is 9.91 Å². The second-order valence-electron chi connectivity index (χ2n) is 5.77. The first-order chi connectivity index (χ1) is 11.6. The van der Waals surface area contributed by atoms with E-state index in [0.717, 1.165) is 10.5 Å². The van der Waals surface area contributed by atoms with E-state index >= 15 is 0 Å². The van der Waals surface area contributed by atoms with Gasteiger partial charge in [-0.2, -0.15) is 5.11 Å². The van der Waals surface area contributed by atoms with E-state index in [9.17, 15) is 14.0 Å². The average Bonchev–Trinajstić information content (AvgIpc) is 3.10. The van der Waals surface area contributed by atoms with E-state index < -0.39 is 29.7 Å². The molecule has 0 N–H and O–H groups in total. The van der Waals surface area contributed by atoms with Crippen molar-refractivity contribution in [2.45, 2.75) is 19.0 Å². The minimum Gasteiger partial charge on any atom is -0.271 e. The predicted molar refractivity (Wildman–Crippen MR) is 85.0 cm³/mol. The molecular formula is C17H13FN4O2. The van der Waals surface area contributed by atoms with E-state index in [1.807, 2.05) is 31.2 Å². The lowest BCUT2D eigenvalue weighted by atomic mass is 10.1. The Balaban J connectivity index is 1.70. The first-order valence-electron chi connectivity index (χ1n) is 7.46. The Morgan fingerprint density at radius 3 is 2.46 bits per heavy atom. The van der Waals surface area contributed by atoms with Crippen LogP contribution in [0.4, 0.5) is 15.8 Å². The number of hydrogen-bond donors (Lipinski definition) is 0. The second kappa shape index (κ2) is 5.23. The molecule has 0 aliphatic carbocycles. The summed E-state index contributed by atoms with van der Waals surface area (Å²) in [5.41, 5.74) is 2.05. The van der Waals surface area contributed by atoms with Crippen LogP contribution in [0.15, 0.2) is 58.9 Å². The van der Waals surface area contributed by atoms with Crippen molar-refractivity contribution < 1.29 is 14.0 Å². The summed E-state index contributed by atoms with van der Waals surface area (Å²) in [6, 6.07) is 11.0. The number of rotatable bonds is 2. The molecule has 2 atom stereocenters. The molecule has 0 aromatic heterocycles. The summed E-state index contributed by atoms with van der Waals surface area (Å²) in [4.78, 5) is 26.4. The van der Waals surface area contributed by atoms with Crippen LogP contribution in [0, 0.1) is 12.7 Å². The molecule has 2 aliphatic heterocycles. The first-order valence-corrected chi connectivity index (χ1v) is 7.46. The van der Waals surface area contributed by atoms with Crippen LogP contribution in [0.25, 0.3) is 0 Å². The molecule has 1 saturated heterocycles. The summed E-state index contributed by atoms with van der Waals surface area (Å²) in [5.74, 6) is -1.29. The number of benzene rings is 2. The highest BCUT2D eigenvalue weighted by Crippen LogP contribution is 2.35. The molecular weight excluding hydrogens is 311 g/mol. The average molecular weight is 324 g/mol. The Morgan fingerprint density at radius 2 is 1.75 bits per heavy atom. The van der Waals surface area contributed by atoms with Gasteiger partial charge in [0.05, 0.1) is 11.4 Å². The van der Waals surface area contributed by atoms with E-state index in [4.69, 9.17) is 0 Å². The molecule has 2 aromatic carbocycles. The van der Waals surface area contributed by atoms with Crippen LogP contribution in [0.2, 0.25) is 0 Å². The van der Waals surface area contributed by atoms with Crippen molar-refractivity contribution in [2.75, 3.05) is 9.91 Å². The van der Waals surface area contributed by atoms with Gasteiger partial charge in [0.25, 0.3) is 11.8 Å². The lowest BCUT2D eigenvalue weighted by Crippen LogP contribution is -2.39. The van der Waals surface area contributed by atoms with E-state index in [2.05, 4.69) is 10.3 Å². The number of fused-ring (bicyclic) bond motifs is 1. The van der Waals surface area contributed by atoms with Crippen molar-refractivity contribution in [2.24, 2.45) is 10.3 Å². The predicted octanol–water partition coefficient (Wildman–Crippen LogP) is 2.63. The van der Waals surface area contributed by atoms with Crippen LogP contribution in [0.3, 0.4) is 0 Å². The summed E-state index contributed by atoms with van der Waals surface area (Å²) in [6.45, 7) is 1.93. The highest BCUT2D eigenvalue weighted by molar-refractivity contribution is 6.26. The smallest absolute Gasteiger partial charge is 0.263 e. The largest absolute Gasteiger partial charge is 0.271 e. The Hall–Kier alpha value is -3.09. The number of aryl methyl sites for hydroxylation is 1. The molecule has 0 spiro atoms. The zero-order chi connectivity index (χ0) is 16.8. The van der Waals surface area contributed by atoms with Crippen LogP contribution in [0.1, 0.15) is 5.56 Å². The molecule has 24 heavy (non-hydrogen) atoms. The molecule has 4 rings (SSSR count). The fraction of sp³-hybridized carbons (Fsp3) is 0.176. The molecule has 2 amide bonds. The van der Waals surface area contributed by atoms with Crippen molar-refractivity contribution in [3.63, 3.8) is 0 Å². The molecule has 7 heteroatoms. The van der Waals surface area contributed by atoms with Gasteiger partial charge in [0, 0.05) is 0 Å². The molecule has 120 valence electrons. The van der Waals surface area contributed by atoms with E-state index in [-0.39, 0.29) is 0 Å². The number of carbonyl (C=O) groups is 2. The van der Waals surface area contributed by atoms with Gasteiger partial charge in [-0.25, -0.2) is 14.3 Å². The molecule has 0 bridgehead atoms. The molecule has 6 nitrogen and oxygen atoms in total. The Kier molecular flexibility index (Phi) is 3.16. The Bertz CT molecular complexity index is 865. The van der Waals surface area contributed by atoms with Gasteiger partial charge in [-0.15, -0.1) is 0 Å². The van der Waals surface area contributed by atoms with Gasteiger partial charge in [-0.3, -0.25) is 9.59 Å². The molecule has 0 saturated carbocycles. The Morgan fingerprint density at radius 1 is 1.00 bits per heavy atom. The SMILES string of the molecule is Cc1cccc(N2N=N[C@H]3C(=O)N(c4ccc(F)cc4)C(=O)[C@H]32)c1. The fourth-order valence-corrected chi connectivity index (χ4v) is 2.99. The second-order valence-corrected chi connectivity index (χ2v) is 5.77. The topological polar surface area (TPSA) is 65.3 Å². The van der Waals surface area contributed by atoms with Crippen molar-refractivity contribution in [1.82, 2.24) is 0 Å². The maximum atomic E-state index is 13.1. The third-order valence-electron chi connectivity index (χ3n) is 4.13. The highest BCUT2D eigenvalue weighted by atomic mass is 19.1. The zero-order valence-electron chi connectivity index (χ0n) is 12.8. The van der Waals surface area contributed by atoms with Gasteiger partial charge >= 0.3 is 0 Å². The summed E-state index contributed by atoms with van der Waals surface area (Å²) < 4.78 is 13.1. The summed E-state index contributed by atoms with van der Waals surface area (Å²) >= 11 is 0. The van der Waals surface area contributed by atoms with Gasteiger partial charge in [0.15, 0.2) is 12.1 Å². The molecule has 2 aromatic rings.